The number of tetrazole rings is 1. The zero-order chi connectivity index (χ0) is 19.5. The van der Waals surface area contributed by atoms with Gasteiger partial charge in [0.25, 0.3) is 0 Å². The van der Waals surface area contributed by atoms with Crippen molar-refractivity contribution >= 4 is 11.7 Å². The Labute approximate surface area is 166 Å². The van der Waals surface area contributed by atoms with Gasteiger partial charge in [0.2, 0.25) is 0 Å². The molecule has 6 heteroatoms. The SMILES string of the molecule is CC(=O)O[C@H]1CC[C@@]2(C)C(=CC[C@@H]3[C@@H]2CC[C@]2(C)C(n4cnnn4)=CC[C@@H]32)C1. The average Bonchev–Trinajstić information content (AvgIpc) is 3.28. The molecule has 0 aliphatic heterocycles. The number of nitrogens with zero attached hydrogens (tertiary/aromatic N) is 4. The normalized spacial score (nSPS) is 42.0. The minimum atomic E-state index is -0.150. The minimum absolute atomic E-state index is 0.0711. The minimum Gasteiger partial charge on any atom is -0.462 e. The summed E-state index contributed by atoms with van der Waals surface area (Å²) in [6.45, 7) is 6.43. The topological polar surface area (TPSA) is 69.9 Å². The molecule has 0 unspecified atom stereocenters. The Morgan fingerprint density at radius 2 is 1.96 bits per heavy atom. The van der Waals surface area contributed by atoms with Gasteiger partial charge in [-0.3, -0.25) is 4.79 Å². The second-order valence-corrected chi connectivity index (χ2v) is 9.77. The standard InChI is InChI=1S/C22H30N4O2/c1-14(27)28-16-8-10-21(2)15(12-16)4-5-17-18-6-7-20(26-13-23-24-25-26)22(18,3)11-9-19(17)21/h4,7,13,16-19H,5-6,8-12H2,1-3H3/t16-,17-,18-,19-,21-,22-/m0/s1. The lowest BCUT2D eigenvalue weighted by Crippen LogP contribution is -2.50. The highest BCUT2D eigenvalue weighted by Crippen LogP contribution is 2.65. The summed E-state index contributed by atoms with van der Waals surface area (Å²) in [6.07, 6.45) is 14.5. The predicted molar refractivity (Wildman–Crippen MR) is 105 cm³/mol. The van der Waals surface area contributed by atoms with E-state index in [0.717, 1.165) is 38.0 Å². The van der Waals surface area contributed by atoms with Gasteiger partial charge in [-0.2, -0.15) is 0 Å². The monoisotopic (exact) mass is 382 g/mol. The summed E-state index contributed by atoms with van der Waals surface area (Å²) in [6, 6.07) is 0. The molecule has 0 amide bonds. The second kappa shape index (κ2) is 6.26. The molecule has 6 atom stereocenters. The van der Waals surface area contributed by atoms with Crippen molar-refractivity contribution in [3.63, 3.8) is 0 Å². The molecule has 0 aromatic carbocycles. The molecular formula is C22H30N4O2. The summed E-state index contributed by atoms with van der Waals surface area (Å²) >= 11 is 0. The van der Waals surface area contributed by atoms with Crippen LogP contribution in [-0.4, -0.2) is 32.3 Å². The molecule has 0 radical (unpaired) electrons. The molecule has 1 aromatic rings. The third-order valence-corrected chi connectivity index (χ3v) is 8.53. The summed E-state index contributed by atoms with van der Waals surface area (Å²) in [5, 5.41) is 11.9. The van der Waals surface area contributed by atoms with Crippen LogP contribution in [0.1, 0.15) is 65.7 Å². The highest BCUT2D eigenvalue weighted by molar-refractivity contribution is 5.66. The quantitative estimate of drug-likeness (QED) is 0.571. The number of esters is 1. The van der Waals surface area contributed by atoms with Gasteiger partial charge in [0, 0.05) is 24.5 Å². The van der Waals surface area contributed by atoms with E-state index < -0.39 is 0 Å². The smallest absolute Gasteiger partial charge is 0.302 e. The van der Waals surface area contributed by atoms with E-state index in [0.29, 0.717) is 11.8 Å². The van der Waals surface area contributed by atoms with Crippen LogP contribution in [0.3, 0.4) is 0 Å². The molecular weight excluding hydrogens is 352 g/mol. The molecule has 6 nitrogen and oxygen atoms in total. The Morgan fingerprint density at radius 3 is 2.71 bits per heavy atom. The molecule has 5 rings (SSSR count). The van der Waals surface area contributed by atoms with E-state index in [4.69, 9.17) is 4.74 Å². The summed E-state index contributed by atoms with van der Waals surface area (Å²) in [5.74, 6) is 1.95. The molecule has 0 saturated heterocycles. The van der Waals surface area contributed by atoms with E-state index in [9.17, 15) is 4.79 Å². The molecule has 0 bridgehead atoms. The van der Waals surface area contributed by atoms with E-state index in [1.807, 2.05) is 4.68 Å². The van der Waals surface area contributed by atoms with E-state index in [1.165, 1.54) is 25.5 Å². The lowest BCUT2D eigenvalue weighted by Gasteiger charge is -2.57. The number of allylic oxidation sites excluding steroid dienone is 3. The first-order chi connectivity index (χ1) is 13.4. The van der Waals surface area contributed by atoms with E-state index in [1.54, 1.807) is 11.9 Å². The summed E-state index contributed by atoms with van der Waals surface area (Å²) in [4.78, 5) is 11.4. The van der Waals surface area contributed by atoms with Crippen LogP contribution in [0.5, 0.6) is 0 Å². The molecule has 2 saturated carbocycles. The van der Waals surface area contributed by atoms with Gasteiger partial charge in [-0.05, 0) is 72.1 Å². The van der Waals surface area contributed by atoms with Crippen LogP contribution in [0, 0.1) is 28.6 Å². The van der Waals surface area contributed by atoms with Crippen LogP contribution < -0.4 is 0 Å². The first kappa shape index (κ1) is 18.1. The molecule has 4 aliphatic rings. The van der Waals surface area contributed by atoms with Crippen molar-refractivity contribution < 1.29 is 9.53 Å². The fraction of sp³-hybridized carbons (Fsp3) is 0.727. The Hall–Kier alpha value is -1.98. The van der Waals surface area contributed by atoms with Gasteiger partial charge in [-0.15, -0.1) is 5.10 Å². The van der Waals surface area contributed by atoms with Crippen molar-refractivity contribution in [3.8, 4) is 0 Å². The second-order valence-electron chi connectivity index (χ2n) is 9.77. The molecule has 0 N–H and O–H groups in total. The first-order valence-electron chi connectivity index (χ1n) is 10.7. The van der Waals surface area contributed by atoms with Gasteiger partial charge >= 0.3 is 5.97 Å². The van der Waals surface area contributed by atoms with Crippen molar-refractivity contribution in [1.82, 2.24) is 20.2 Å². The van der Waals surface area contributed by atoms with Crippen molar-refractivity contribution in [2.24, 2.45) is 28.6 Å². The van der Waals surface area contributed by atoms with E-state index in [-0.39, 0.29) is 22.9 Å². The molecule has 1 aromatic heterocycles. The highest BCUT2D eigenvalue weighted by atomic mass is 16.5. The zero-order valence-electron chi connectivity index (χ0n) is 17.1. The van der Waals surface area contributed by atoms with E-state index in [2.05, 4.69) is 41.5 Å². The molecule has 150 valence electrons. The van der Waals surface area contributed by atoms with Crippen molar-refractivity contribution in [2.75, 3.05) is 0 Å². The van der Waals surface area contributed by atoms with Crippen LogP contribution in [0.2, 0.25) is 0 Å². The van der Waals surface area contributed by atoms with Crippen LogP contribution in [0.25, 0.3) is 5.70 Å². The first-order valence-corrected chi connectivity index (χ1v) is 10.7. The van der Waals surface area contributed by atoms with Crippen molar-refractivity contribution in [2.45, 2.75) is 71.8 Å². The fourth-order valence-electron chi connectivity index (χ4n) is 7.13. The van der Waals surface area contributed by atoms with Gasteiger partial charge in [0.1, 0.15) is 12.4 Å². The molecule has 2 fully saturated rings. The van der Waals surface area contributed by atoms with Gasteiger partial charge in [-0.1, -0.05) is 31.6 Å². The molecule has 28 heavy (non-hydrogen) atoms. The maximum absolute atomic E-state index is 11.4. The van der Waals surface area contributed by atoms with Crippen LogP contribution in [0.15, 0.2) is 24.1 Å². The highest BCUT2D eigenvalue weighted by Gasteiger charge is 2.57. The largest absolute Gasteiger partial charge is 0.462 e. The lowest BCUT2D eigenvalue weighted by atomic mass is 9.48. The van der Waals surface area contributed by atoms with E-state index >= 15 is 0 Å². The van der Waals surface area contributed by atoms with Crippen molar-refractivity contribution in [3.05, 3.63) is 24.1 Å². The fourth-order valence-corrected chi connectivity index (χ4v) is 7.13. The summed E-state index contributed by atoms with van der Waals surface area (Å²) < 4.78 is 7.44. The maximum atomic E-state index is 11.4. The van der Waals surface area contributed by atoms with Gasteiger partial charge in [0.05, 0.1) is 0 Å². The number of carbonyl (C=O) groups excluding carboxylic acids is 1. The Balaban J connectivity index is 1.41. The Kier molecular flexibility index (Phi) is 4.04. The van der Waals surface area contributed by atoms with Gasteiger partial charge < -0.3 is 4.74 Å². The Bertz CT molecular complexity index is 845. The number of ether oxygens (including phenoxy) is 1. The molecule has 0 spiro atoms. The summed E-state index contributed by atoms with van der Waals surface area (Å²) in [7, 11) is 0. The number of hydrogen-bond donors (Lipinski definition) is 0. The van der Waals surface area contributed by atoms with Gasteiger partial charge in [-0.25, -0.2) is 4.68 Å². The van der Waals surface area contributed by atoms with Crippen LogP contribution in [0.4, 0.5) is 0 Å². The maximum Gasteiger partial charge on any atom is 0.302 e. The number of fused-ring (bicyclic) bond motifs is 5. The third kappa shape index (κ3) is 2.52. The number of hydrogen-bond acceptors (Lipinski definition) is 5. The number of rotatable bonds is 2. The third-order valence-electron chi connectivity index (χ3n) is 8.53. The molecule has 4 aliphatic carbocycles. The van der Waals surface area contributed by atoms with Crippen LogP contribution >= 0.6 is 0 Å². The van der Waals surface area contributed by atoms with Crippen molar-refractivity contribution in [1.29, 1.82) is 0 Å². The average molecular weight is 383 g/mol. The molecule has 1 heterocycles. The number of aromatic nitrogens is 4. The number of carbonyl (C=O) groups is 1. The predicted octanol–water partition coefficient (Wildman–Crippen LogP) is 4.02. The summed E-state index contributed by atoms with van der Waals surface area (Å²) in [5.41, 5.74) is 3.26. The Morgan fingerprint density at radius 1 is 1.14 bits per heavy atom. The van der Waals surface area contributed by atoms with Gasteiger partial charge in [0.15, 0.2) is 0 Å². The lowest BCUT2D eigenvalue weighted by molar-refractivity contribution is -0.148. The van der Waals surface area contributed by atoms with Crippen LogP contribution in [-0.2, 0) is 9.53 Å². The zero-order valence-corrected chi connectivity index (χ0v) is 17.1.